The molecule has 0 aromatic carbocycles. The number of halogens is 1. The minimum atomic E-state index is 0. The molecule has 0 N–H and O–H groups in total. The number of quaternary nitrogens is 1. The van der Waals surface area contributed by atoms with Crippen LogP contribution in [0.1, 0.15) is 259 Å². The number of rotatable bonds is 40. The van der Waals surface area contributed by atoms with Crippen molar-refractivity contribution >= 4 is 0 Å². The van der Waals surface area contributed by atoms with Gasteiger partial charge in [0.2, 0.25) is 0 Å². The summed E-state index contributed by atoms with van der Waals surface area (Å²) in [4.78, 5) is 0. The Morgan fingerprint density at radius 1 is 0.196 bits per heavy atom. The molecule has 0 aromatic rings. The van der Waals surface area contributed by atoms with Gasteiger partial charge in [0.1, 0.15) is 0 Å². The fourth-order valence-electron chi connectivity index (χ4n) is 7.70. The maximum absolute atomic E-state index is 2.35. The first-order chi connectivity index (χ1) is 22.2. The van der Waals surface area contributed by atoms with Crippen LogP contribution in [0.15, 0.2) is 0 Å². The van der Waals surface area contributed by atoms with Gasteiger partial charge in [0.05, 0.1) is 26.2 Å². The minimum Gasteiger partial charge on any atom is -1.00 e. The summed E-state index contributed by atoms with van der Waals surface area (Å²) in [6, 6.07) is 0. The summed E-state index contributed by atoms with van der Waals surface area (Å²) in [7, 11) is 0. The monoisotopic (exact) mass is 670 g/mol. The molecule has 0 aliphatic carbocycles. The number of hydrogen-bond donors (Lipinski definition) is 0. The van der Waals surface area contributed by atoms with E-state index in [9.17, 15) is 0 Å². The second-order valence-electron chi connectivity index (χ2n) is 15.5. The summed E-state index contributed by atoms with van der Waals surface area (Å²) < 4.78 is 1.48. The highest BCUT2D eigenvalue weighted by Crippen LogP contribution is 2.21. The van der Waals surface area contributed by atoms with Crippen LogP contribution in [0.4, 0.5) is 0 Å². The quantitative estimate of drug-likeness (QED) is 0.0450. The molecule has 0 saturated heterocycles. The van der Waals surface area contributed by atoms with Crippen molar-refractivity contribution in [3.63, 3.8) is 0 Å². The van der Waals surface area contributed by atoms with Crippen molar-refractivity contribution < 1.29 is 16.9 Å². The summed E-state index contributed by atoms with van der Waals surface area (Å²) in [5.74, 6) is 0. The van der Waals surface area contributed by atoms with Crippen molar-refractivity contribution in [2.24, 2.45) is 0 Å². The van der Waals surface area contributed by atoms with Crippen LogP contribution in [-0.4, -0.2) is 30.7 Å². The molecule has 0 atom stereocenters. The van der Waals surface area contributed by atoms with Gasteiger partial charge in [0.15, 0.2) is 0 Å². The van der Waals surface area contributed by atoms with Crippen molar-refractivity contribution in [3.8, 4) is 0 Å². The van der Waals surface area contributed by atoms with Crippen LogP contribution in [0.3, 0.4) is 0 Å². The zero-order valence-electron chi connectivity index (χ0n) is 33.1. The van der Waals surface area contributed by atoms with Crippen LogP contribution in [0.25, 0.3) is 0 Å². The van der Waals surface area contributed by atoms with Gasteiger partial charge >= 0.3 is 0 Å². The Labute approximate surface area is 301 Å². The molecule has 0 aromatic heterocycles. The Kier molecular flexibility index (Phi) is 43.5. The van der Waals surface area contributed by atoms with Crippen molar-refractivity contribution in [2.75, 3.05) is 26.2 Å². The topological polar surface area (TPSA) is 0 Å². The molecule has 0 rings (SSSR count). The van der Waals surface area contributed by atoms with Crippen LogP contribution < -0.4 is 12.4 Å². The number of hydrogen-bond acceptors (Lipinski definition) is 0. The maximum atomic E-state index is 2.35. The Hall–Kier alpha value is 0.250. The van der Waals surface area contributed by atoms with E-state index in [2.05, 4.69) is 27.7 Å². The molecule has 0 radical (unpaired) electrons. The number of unbranched alkanes of at least 4 members (excludes halogenated alkanes) is 32. The van der Waals surface area contributed by atoms with E-state index in [1.165, 1.54) is 262 Å². The van der Waals surface area contributed by atoms with Crippen molar-refractivity contribution in [1.82, 2.24) is 0 Å². The molecule has 0 saturated carbocycles. The molecular weight excluding hydrogens is 578 g/mol. The van der Waals surface area contributed by atoms with E-state index in [1.54, 1.807) is 0 Å². The van der Waals surface area contributed by atoms with Gasteiger partial charge < -0.3 is 16.9 Å². The smallest absolute Gasteiger partial charge is 0.0786 e. The molecular formula is C44H92ClN. The average molecular weight is 671 g/mol. The number of nitrogens with zero attached hydrogens (tertiary/aromatic N) is 1. The van der Waals surface area contributed by atoms with Gasteiger partial charge in [-0.05, 0) is 51.4 Å². The van der Waals surface area contributed by atoms with Gasteiger partial charge in [-0.2, -0.15) is 0 Å². The molecule has 46 heavy (non-hydrogen) atoms. The van der Waals surface area contributed by atoms with E-state index in [4.69, 9.17) is 0 Å². The van der Waals surface area contributed by atoms with Crippen LogP contribution in [0, 0.1) is 0 Å². The molecule has 0 aliphatic heterocycles. The summed E-state index contributed by atoms with van der Waals surface area (Å²) >= 11 is 0. The highest BCUT2D eigenvalue weighted by Gasteiger charge is 2.25. The maximum Gasteiger partial charge on any atom is 0.0786 e. The Morgan fingerprint density at radius 3 is 0.478 bits per heavy atom. The molecule has 0 heterocycles. The highest BCUT2D eigenvalue weighted by molar-refractivity contribution is 4.56. The third kappa shape index (κ3) is 35.6. The third-order valence-electron chi connectivity index (χ3n) is 10.9. The van der Waals surface area contributed by atoms with Crippen LogP contribution in [0.5, 0.6) is 0 Å². The normalized spacial score (nSPS) is 11.7. The summed E-state index contributed by atoms with van der Waals surface area (Å²) in [6.07, 6.45) is 52.7. The molecule has 0 unspecified atom stereocenters. The Balaban J connectivity index is 0. The van der Waals surface area contributed by atoms with Gasteiger partial charge in [-0.15, -0.1) is 0 Å². The fourth-order valence-corrected chi connectivity index (χ4v) is 7.70. The predicted molar refractivity (Wildman–Crippen MR) is 209 cm³/mol. The zero-order chi connectivity index (χ0) is 32.8. The molecule has 0 amide bonds. The van der Waals surface area contributed by atoms with E-state index in [0.29, 0.717) is 0 Å². The second-order valence-corrected chi connectivity index (χ2v) is 15.5. The molecule has 1 nitrogen and oxygen atoms in total. The van der Waals surface area contributed by atoms with Gasteiger partial charge in [0.25, 0.3) is 0 Å². The molecule has 280 valence electrons. The van der Waals surface area contributed by atoms with Crippen molar-refractivity contribution in [2.45, 2.75) is 259 Å². The van der Waals surface area contributed by atoms with Crippen LogP contribution >= 0.6 is 0 Å². The van der Waals surface area contributed by atoms with Crippen LogP contribution in [-0.2, 0) is 0 Å². The standard InChI is InChI=1S/C44H92N.ClH/c1-5-9-13-17-21-22-23-24-25-26-27-28-29-30-31-32-36-40-44-45(41-37-33-18-14-10-6-2,42-38-34-19-15-11-7-3)43-39-35-20-16-12-8-4;/h5-44H2,1-4H3;1H/q+1;/p-1. The Bertz CT molecular complexity index is 479. The highest BCUT2D eigenvalue weighted by atomic mass is 35.5. The van der Waals surface area contributed by atoms with E-state index in [1.807, 2.05) is 0 Å². The fraction of sp³-hybridized carbons (Fsp3) is 1.00. The summed E-state index contributed by atoms with van der Waals surface area (Å²) in [5, 5.41) is 0. The molecule has 0 aliphatic rings. The summed E-state index contributed by atoms with van der Waals surface area (Å²) in [5.41, 5.74) is 0. The Morgan fingerprint density at radius 2 is 0.326 bits per heavy atom. The third-order valence-corrected chi connectivity index (χ3v) is 10.9. The van der Waals surface area contributed by atoms with Gasteiger partial charge in [-0.25, -0.2) is 0 Å². The minimum absolute atomic E-state index is 0. The first-order valence-corrected chi connectivity index (χ1v) is 22.1. The lowest BCUT2D eigenvalue weighted by molar-refractivity contribution is -0.929. The molecule has 2 heteroatoms. The van der Waals surface area contributed by atoms with E-state index >= 15 is 0 Å². The van der Waals surface area contributed by atoms with E-state index < -0.39 is 0 Å². The van der Waals surface area contributed by atoms with Crippen molar-refractivity contribution in [3.05, 3.63) is 0 Å². The van der Waals surface area contributed by atoms with E-state index in [-0.39, 0.29) is 12.4 Å². The largest absolute Gasteiger partial charge is 1.00 e. The first kappa shape index (κ1) is 48.4. The predicted octanol–water partition coefficient (Wildman–Crippen LogP) is 12.9. The van der Waals surface area contributed by atoms with Gasteiger partial charge in [-0.3, -0.25) is 0 Å². The van der Waals surface area contributed by atoms with E-state index in [0.717, 1.165) is 0 Å². The SMILES string of the molecule is CCCCCCCCCCCCCCCCCCCC[N+](CCCCCCCC)(CCCCCCCC)CCCCCCCC.[Cl-]. The van der Waals surface area contributed by atoms with Gasteiger partial charge in [0, 0.05) is 0 Å². The van der Waals surface area contributed by atoms with Crippen LogP contribution in [0.2, 0.25) is 0 Å². The molecule has 0 spiro atoms. The average Bonchev–Trinajstić information content (AvgIpc) is 3.05. The lowest BCUT2D eigenvalue weighted by atomic mass is 10.0. The lowest BCUT2D eigenvalue weighted by Gasteiger charge is -2.40. The molecule has 0 fully saturated rings. The first-order valence-electron chi connectivity index (χ1n) is 22.1. The van der Waals surface area contributed by atoms with Crippen molar-refractivity contribution in [1.29, 1.82) is 0 Å². The zero-order valence-corrected chi connectivity index (χ0v) is 33.9. The molecule has 0 bridgehead atoms. The summed E-state index contributed by atoms with van der Waals surface area (Å²) in [6.45, 7) is 15.3. The lowest BCUT2D eigenvalue weighted by Crippen LogP contribution is -3.00. The second kappa shape index (κ2) is 41.4. The van der Waals surface area contributed by atoms with Gasteiger partial charge in [-0.1, -0.05) is 207 Å².